The minimum Gasteiger partial charge on any atom is -0.467 e. The Morgan fingerprint density at radius 3 is 2.36 bits per heavy atom. The second-order valence-corrected chi connectivity index (χ2v) is 7.03. The lowest BCUT2D eigenvalue weighted by molar-refractivity contribution is -0.161. The lowest BCUT2D eigenvalue weighted by Gasteiger charge is -2.23. The van der Waals surface area contributed by atoms with Crippen LogP contribution in [0, 0.1) is 5.92 Å². The number of hydrogen-bond acceptors (Lipinski definition) is 7. The highest BCUT2D eigenvalue weighted by atomic mass is 16.6. The molecule has 0 aliphatic carbocycles. The molecule has 9 nitrogen and oxygen atoms in total. The Morgan fingerprint density at radius 1 is 1.28 bits per heavy atom. The number of rotatable bonds is 6. The molecule has 25 heavy (non-hydrogen) atoms. The van der Waals surface area contributed by atoms with Gasteiger partial charge in [0.2, 0.25) is 5.91 Å². The number of amides is 1. The van der Waals surface area contributed by atoms with Crippen LogP contribution in [0.2, 0.25) is 0 Å². The van der Waals surface area contributed by atoms with Crippen molar-refractivity contribution in [1.82, 2.24) is 9.55 Å². The highest BCUT2D eigenvalue weighted by molar-refractivity contribution is 6.04. The van der Waals surface area contributed by atoms with Crippen LogP contribution in [0.1, 0.15) is 34.6 Å². The number of anilines is 1. The first kappa shape index (κ1) is 20.6. The van der Waals surface area contributed by atoms with Gasteiger partial charge in [-0.1, -0.05) is 0 Å². The molecule has 0 saturated carbocycles. The van der Waals surface area contributed by atoms with E-state index < -0.39 is 34.9 Å². The number of carbonyl (C=O) groups excluding carboxylic acids is 3. The predicted molar refractivity (Wildman–Crippen MR) is 90.6 cm³/mol. The second kappa shape index (κ2) is 7.64. The van der Waals surface area contributed by atoms with Gasteiger partial charge in [-0.05, 0) is 34.6 Å². The molecule has 0 aliphatic rings. The average Bonchev–Trinajstić information content (AvgIpc) is 2.94. The zero-order chi connectivity index (χ0) is 19.4. The maximum absolute atomic E-state index is 12.3. The van der Waals surface area contributed by atoms with Gasteiger partial charge in [-0.3, -0.25) is 9.59 Å². The van der Waals surface area contributed by atoms with Crippen molar-refractivity contribution in [3.63, 3.8) is 0 Å². The quantitative estimate of drug-likeness (QED) is 0.567. The van der Waals surface area contributed by atoms with Crippen LogP contribution in [-0.4, -0.2) is 46.7 Å². The molecule has 0 radical (unpaired) electrons. The molecule has 0 saturated heterocycles. The Labute approximate surface area is 146 Å². The summed E-state index contributed by atoms with van der Waals surface area (Å²) in [5.41, 5.74) is 3.81. The smallest absolute Gasteiger partial charge is 0.331 e. The number of methoxy groups -OCH3 is 1. The summed E-state index contributed by atoms with van der Waals surface area (Å²) in [4.78, 5) is 40.2. The lowest BCUT2D eigenvalue weighted by atomic mass is 10.1. The van der Waals surface area contributed by atoms with Crippen LogP contribution < -0.4 is 11.1 Å². The van der Waals surface area contributed by atoms with E-state index in [1.807, 2.05) is 0 Å². The van der Waals surface area contributed by atoms with Crippen LogP contribution in [-0.2, 0) is 29.4 Å². The normalized spacial score (nSPS) is 13.1. The number of hydrogen-bond donors (Lipinski definition) is 2. The molecule has 0 aromatic carbocycles. The van der Waals surface area contributed by atoms with E-state index in [1.165, 1.54) is 24.2 Å². The van der Waals surface area contributed by atoms with E-state index >= 15 is 0 Å². The van der Waals surface area contributed by atoms with E-state index in [9.17, 15) is 14.4 Å². The van der Waals surface area contributed by atoms with E-state index in [2.05, 4.69) is 10.3 Å². The van der Waals surface area contributed by atoms with Crippen molar-refractivity contribution in [3.05, 3.63) is 12.5 Å². The molecule has 0 bridgehead atoms. The maximum Gasteiger partial charge on any atom is 0.331 e. The van der Waals surface area contributed by atoms with E-state index in [4.69, 9.17) is 15.2 Å². The van der Waals surface area contributed by atoms with Crippen LogP contribution in [0.3, 0.4) is 0 Å². The number of nitrogens with two attached hydrogens (primary N) is 1. The minimum absolute atomic E-state index is 0.184. The van der Waals surface area contributed by atoms with Crippen molar-refractivity contribution in [2.45, 2.75) is 45.8 Å². The summed E-state index contributed by atoms with van der Waals surface area (Å²) < 4.78 is 11.4. The topological polar surface area (TPSA) is 126 Å². The molecular weight excluding hydrogens is 328 g/mol. The van der Waals surface area contributed by atoms with Gasteiger partial charge >= 0.3 is 11.9 Å². The Balaban J connectivity index is 2.87. The summed E-state index contributed by atoms with van der Waals surface area (Å²) in [5, 5.41) is 2.51. The molecule has 1 amide bonds. The maximum atomic E-state index is 12.3. The van der Waals surface area contributed by atoms with Gasteiger partial charge in [0, 0.05) is 12.7 Å². The van der Waals surface area contributed by atoms with Crippen LogP contribution in [0.25, 0.3) is 0 Å². The van der Waals surface area contributed by atoms with E-state index in [-0.39, 0.29) is 12.4 Å². The standard InChI is InChI=1S/C16H26N4O5/c1-15(2,3)25-13(22)10(7-17)12(21)19-11-8-20(9-18-11)16(4,5)14(23)24-6/h8-10H,7,17H2,1-6H3,(H,19,21). The van der Waals surface area contributed by atoms with Gasteiger partial charge in [0.1, 0.15) is 17.1 Å². The zero-order valence-corrected chi connectivity index (χ0v) is 15.5. The van der Waals surface area contributed by atoms with E-state index in [0.29, 0.717) is 0 Å². The molecule has 1 atom stereocenters. The highest BCUT2D eigenvalue weighted by Gasteiger charge is 2.33. The largest absolute Gasteiger partial charge is 0.467 e. The number of nitrogens with zero attached hydrogens (tertiary/aromatic N) is 2. The molecule has 1 rings (SSSR count). The molecule has 1 aromatic rings. The van der Waals surface area contributed by atoms with Crippen molar-refractivity contribution >= 4 is 23.7 Å². The van der Waals surface area contributed by atoms with E-state index in [0.717, 1.165) is 0 Å². The monoisotopic (exact) mass is 354 g/mol. The van der Waals surface area contributed by atoms with Crippen molar-refractivity contribution in [3.8, 4) is 0 Å². The number of esters is 2. The predicted octanol–water partition coefficient (Wildman–Crippen LogP) is 0.646. The molecule has 1 heterocycles. The van der Waals surface area contributed by atoms with Crippen LogP contribution in [0.5, 0.6) is 0 Å². The number of nitrogens with one attached hydrogen (secondary N) is 1. The molecule has 0 aliphatic heterocycles. The Kier molecular flexibility index (Phi) is 6.31. The molecule has 9 heteroatoms. The third kappa shape index (κ3) is 5.28. The molecule has 0 fully saturated rings. The van der Waals surface area contributed by atoms with Gasteiger partial charge < -0.3 is 25.1 Å². The van der Waals surface area contributed by atoms with Crippen molar-refractivity contribution in [2.24, 2.45) is 11.7 Å². The van der Waals surface area contributed by atoms with Gasteiger partial charge in [-0.2, -0.15) is 0 Å². The summed E-state index contributed by atoms with van der Waals surface area (Å²) in [6.07, 6.45) is 2.86. The first-order valence-corrected chi connectivity index (χ1v) is 7.79. The highest BCUT2D eigenvalue weighted by Crippen LogP contribution is 2.19. The van der Waals surface area contributed by atoms with Crippen LogP contribution in [0.4, 0.5) is 5.82 Å². The van der Waals surface area contributed by atoms with Crippen LogP contribution in [0.15, 0.2) is 12.5 Å². The average molecular weight is 354 g/mol. The zero-order valence-electron chi connectivity index (χ0n) is 15.5. The van der Waals surface area contributed by atoms with Gasteiger partial charge in [-0.25, -0.2) is 9.78 Å². The molecule has 3 N–H and O–H groups in total. The summed E-state index contributed by atoms with van der Waals surface area (Å²) in [6.45, 7) is 8.20. The SMILES string of the molecule is COC(=O)C(C)(C)n1cnc(NC(=O)C(CN)C(=O)OC(C)(C)C)c1. The fourth-order valence-electron chi connectivity index (χ4n) is 1.94. The third-order valence-electron chi connectivity index (χ3n) is 3.41. The summed E-state index contributed by atoms with van der Waals surface area (Å²) in [5.74, 6) is -2.77. The van der Waals surface area contributed by atoms with Gasteiger partial charge in [0.15, 0.2) is 5.82 Å². The molecule has 1 unspecified atom stereocenters. The number of carbonyl (C=O) groups is 3. The fourth-order valence-corrected chi connectivity index (χ4v) is 1.94. The van der Waals surface area contributed by atoms with Crippen molar-refractivity contribution in [2.75, 3.05) is 19.0 Å². The lowest BCUT2D eigenvalue weighted by Crippen LogP contribution is -2.39. The van der Waals surface area contributed by atoms with Crippen molar-refractivity contribution in [1.29, 1.82) is 0 Å². The molecule has 140 valence electrons. The first-order valence-electron chi connectivity index (χ1n) is 7.79. The third-order valence-corrected chi connectivity index (χ3v) is 3.41. The first-order chi connectivity index (χ1) is 11.4. The summed E-state index contributed by atoms with van der Waals surface area (Å²) >= 11 is 0. The van der Waals surface area contributed by atoms with Crippen molar-refractivity contribution < 1.29 is 23.9 Å². The molecular formula is C16H26N4O5. The number of ether oxygens (including phenoxy) is 2. The second-order valence-electron chi connectivity index (χ2n) is 7.03. The fraction of sp³-hybridized carbons (Fsp3) is 0.625. The number of aromatic nitrogens is 2. The van der Waals surface area contributed by atoms with Gasteiger partial charge in [0.05, 0.1) is 13.4 Å². The van der Waals surface area contributed by atoms with E-state index in [1.54, 1.807) is 34.6 Å². The Hall–Kier alpha value is -2.42. The Bertz CT molecular complexity index is 645. The van der Waals surface area contributed by atoms with Gasteiger partial charge in [0.25, 0.3) is 0 Å². The summed E-state index contributed by atoms with van der Waals surface area (Å²) in [6, 6.07) is 0. The Morgan fingerprint density at radius 2 is 1.88 bits per heavy atom. The molecule has 1 aromatic heterocycles. The minimum atomic E-state index is -1.15. The van der Waals surface area contributed by atoms with Gasteiger partial charge in [-0.15, -0.1) is 0 Å². The molecule has 0 spiro atoms. The number of imidazole rings is 1. The summed E-state index contributed by atoms with van der Waals surface area (Å²) in [7, 11) is 1.29. The van der Waals surface area contributed by atoms with Crippen LogP contribution >= 0.6 is 0 Å².